The number of hydrogen-bond acceptors (Lipinski definition) is 8. The standard InChI is InChI=1S/C24H28N4O6S/c1-15-22-18(24(29)27-7-9-34-10-8-27)13-19(16-4-5-20(32-2)21(12-16)33-3)25-23(22)28(26-15)17-6-11-35(30,31)14-17/h4-5,12-13,17H,6-11,14H2,1-3H3. The van der Waals surface area contributed by atoms with Crippen LogP contribution in [0.5, 0.6) is 11.5 Å². The van der Waals surface area contributed by atoms with Gasteiger partial charge in [0.05, 0.1) is 67.3 Å². The number of hydrogen-bond donors (Lipinski definition) is 0. The summed E-state index contributed by atoms with van der Waals surface area (Å²) >= 11 is 0. The number of amides is 1. The number of morpholine rings is 1. The first-order valence-corrected chi connectivity index (χ1v) is 13.3. The zero-order valence-corrected chi connectivity index (χ0v) is 20.8. The quantitative estimate of drug-likeness (QED) is 0.524. The minimum atomic E-state index is -3.13. The van der Waals surface area contributed by atoms with Crippen LogP contribution in [0.2, 0.25) is 0 Å². The fourth-order valence-electron chi connectivity index (χ4n) is 4.78. The van der Waals surface area contributed by atoms with Crippen LogP contribution in [0.1, 0.15) is 28.5 Å². The fourth-order valence-corrected chi connectivity index (χ4v) is 6.48. The van der Waals surface area contributed by atoms with Gasteiger partial charge in [-0.25, -0.2) is 18.1 Å². The van der Waals surface area contributed by atoms with Gasteiger partial charge in [-0.15, -0.1) is 0 Å². The Balaban J connectivity index is 1.70. The van der Waals surface area contributed by atoms with Crippen molar-refractivity contribution in [3.63, 3.8) is 0 Å². The van der Waals surface area contributed by atoms with E-state index in [1.54, 1.807) is 35.9 Å². The van der Waals surface area contributed by atoms with Gasteiger partial charge in [0.25, 0.3) is 5.91 Å². The molecule has 2 aliphatic rings. The molecule has 0 saturated carbocycles. The van der Waals surface area contributed by atoms with Crippen LogP contribution >= 0.6 is 0 Å². The molecule has 2 aliphatic heterocycles. The molecule has 4 heterocycles. The Morgan fingerprint density at radius 2 is 1.86 bits per heavy atom. The third kappa shape index (κ3) is 4.34. The highest BCUT2D eigenvalue weighted by atomic mass is 32.2. The van der Waals surface area contributed by atoms with Gasteiger partial charge in [0.2, 0.25) is 0 Å². The van der Waals surface area contributed by atoms with Crippen molar-refractivity contribution < 1.29 is 27.4 Å². The number of rotatable bonds is 5. The molecule has 0 N–H and O–H groups in total. The van der Waals surface area contributed by atoms with Crippen molar-refractivity contribution in [2.45, 2.75) is 19.4 Å². The lowest BCUT2D eigenvalue weighted by molar-refractivity contribution is 0.0304. The number of sulfone groups is 1. The number of aryl methyl sites for hydroxylation is 1. The predicted octanol–water partition coefficient (Wildman–Crippen LogP) is 2.26. The fraction of sp³-hybridized carbons (Fsp3) is 0.458. The minimum Gasteiger partial charge on any atom is -0.493 e. The van der Waals surface area contributed by atoms with Crippen LogP contribution in [0, 0.1) is 6.92 Å². The first-order chi connectivity index (χ1) is 16.8. The van der Waals surface area contributed by atoms with Crippen molar-refractivity contribution in [2.75, 3.05) is 52.0 Å². The number of aromatic nitrogens is 3. The second kappa shape index (κ2) is 9.12. The van der Waals surface area contributed by atoms with Gasteiger partial charge in [0.1, 0.15) is 0 Å². The number of carbonyl (C=O) groups is 1. The molecule has 0 spiro atoms. The molecule has 186 valence electrons. The molecule has 2 saturated heterocycles. The van der Waals surface area contributed by atoms with Crippen molar-refractivity contribution in [3.8, 4) is 22.8 Å². The third-order valence-corrected chi connectivity index (χ3v) is 8.35. The predicted molar refractivity (Wildman–Crippen MR) is 130 cm³/mol. The lowest BCUT2D eigenvalue weighted by Crippen LogP contribution is -2.40. The average Bonchev–Trinajstić information content (AvgIpc) is 3.41. The Labute approximate surface area is 203 Å². The summed E-state index contributed by atoms with van der Waals surface area (Å²) in [6.45, 7) is 3.81. The molecule has 10 nitrogen and oxygen atoms in total. The van der Waals surface area contributed by atoms with E-state index in [0.29, 0.717) is 72.2 Å². The van der Waals surface area contributed by atoms with Gasteiger partial charge >= 0.3 is 0 Å². The van der Waals surface area contributed by atoms with Gasteiger partial charge in [-0.1, -0.05) is 0 Å². The van der Waals surface area contributed by atoms with E-state index in [9.17, 15) is 13.2 Å². The SMILES string of the molecule is COc1ccc(-c2cc(C(=O)N3CCOCC3)c3c(C)nn(C4CCS(=O)(=O)C4)c3n2)cc1OC. The summed E-state index contributed by atoms with van der Waals surface area (Å²) in [5.41, 5.74) is 2.95. The van der Waals surface area contributed by atoms with Crippen LogP contribution in [-0.4, -0.2) is 86.0 Å². The molecule has 11 heteroatoms. The molecule has 2 fully saturated rings. The highest BCUT2D eigenvalue weighted by Gasteiger charge is 2.33. The Kier molecular flexibility index (Phi) is 6.14. The second-order valence-electron chi connectivity index (χ2n) is 8.81. The second-order valence-corrected chi connectivity index (χ2v) is 11.0. The Morgan fingerprint density at radius 1 is 1.11 bits per heavy atom. The van der Waals surface area contributed by atoms with E-state index in [0.717, 1.165) is 5.56 Å². The van der Waals surface area contributed by atoms with Crippen molar-refractivity contribution in [1.82, 2.24) is 19.7 Å². The molecular weight excluding hydrogens is 472 g/mol. The molecule has 0 radical (unpaired) electrons. The van der Waals surface area contributed by atoms with Crippen molar-refractivity contribution >= 4 is 26.8 Å². The summed E-state index contributed by atoms with van der Waals surface area (Å²) in [6, 6.07) is 6.91. The van der Waals surface area contributed by atoms with Gasteiger partial charge in [0.15, 0.2) is 27.0 Å². The van der Waals surface area contributed by atoms with E-state index in [4.69, 9.17) is 19.2 Å². The van der Waals surface area contributed by atoms with E-state index in [1.807, 2.05) is 19.1 Å². The van der Waals surface area contributed by atoms with Gasteiger partial charge in [-0.3, -0.25) is 4.79 Å². The van der Waals surface area contributed by atoms with E-state index in [2.05, 4.69) is 5.10 Å². The van der Waals surface area contributed by atoms with Gasteiger partial charge in [0, 0.05) is 18.7 Å². The largest absolute Gasteiger partial charge is 0.493 e. The van der Waals surface area contributed by atoms with Crippen LogP contribution in [0.4, 0.5) is 0 Å². The summed E-state index contributed by atoms with van der Waals surface area (Å²) in [7, 11) is -0.00616. The molecule has 1 unspecified atom stereocenters. The molecule has 2 aromatic heterocycles. The molecule has 1 aromatic carbocycles. The number of carbonyl (C=O) groups excluding carboxylic acids is 1. The summed E-state index contributed by atoms with van der Waals surface area (Å²) in [4.78, 5) is 20.3. The van der Waals surface area contributed by atoms with Crippen LogP contribution in [0.25, 0.3) is 22.3 Å². The molecule has 35 heavy (non-hydrogen) atoms. The van der Waals surface area contributed by atoms with E-state index in [1.165, 1.54) is 0 Å². The number of fused-ring (bicyclic) bond motifs is 1. The van der Waals surface area contributed by atoms with Crippen LogP contribution in [-0.2, 0) is 14.6 Å². The van der Waals surface area contributed by atoms with Crippen molar-refractivity contribution in [3.05, 3.63) is 35.5 Å². The zero-order valence-electron chi connectivity index (χ0n) is 20.0. The van der Waals surface area contributed by atoms with Crippen LogP contribution in [0.15, 0.2) is 24.3 Å². The zero-order chi connectivity index (χ0) is 24.7. The molecular formula is C24H28N4O6S. The lowest BCUT2D eigenvalue weighted by atomic mass is 10.0. The minimum absolute atomic E-state index is 0.0121. The molecule has 0 aliphatic carbocycles. The normalized spacial score (nSPS) is 19.7. The highest BCUT2D eigenvalue weighted by Crippen LogP contribution is 2.35. The monoisotopic (exact) mass is 500 g/mol. The number of ether oxygens (including phenoxy) is 3. The average molecular weight is 501 g/mol. The summed E-state index contributed by atoms with van der Waals surface area (Å²) in [5, 5.41) is 5.32. The Bertz CT molecular complexity index is 1390. The third-order valence-electron chi connectivity index (χ3n) is 6.60. The van der Waals surface area contributed by atoms with Gasteiger partial charge < -0.3 is 19.1 Å². The molecule has 1 amide bonds. The van der Waals surface area contributed by atoms with Crippen LogP contribution < -0.4 is 9.47 Å². The first-order valence-electron chi connectivity index (χ1n) is 11.5. The molecule has 0 bridgehead atoms. The topological polar surface area (TPSA) is 113 Å². The maximum absolute atomic E-state index is 13.7. The van der Waals surface area contributed by atoms with Crippen molar-refractivity contribution in [1.29, 1.82) is 0 Å². The van der Waals surface area contributed by atoms with Crippen LogP contribution in [0.3, 0.4) is 0 Å². The number of benzene rings is 1. The Hall–Kier alpha value is -3.18. The smallest absolute Gasteiger partial charge is 0.254 e. The molecule has 1 atom stereocenters. The summed E-state index contributed by atoms with van der Waals surface area (Å²) in [5.74, 6) is 1.13. The maximum Gasteiger partial charge on any atom is 0.254 e. The first kappa shape index (κ1) is 23.6. The van der Waals surface area contributed by atoms with Crippen molar-refractivity contribution in [2.24, 2.45) is 0 Å². The summed E-state index contributed by atoms with van der Waals surface area (Å²) in [6.07, 6.45) is 0.466. The highest BCUT2D eigenvalue weighted by molar-refractivity contribution is 7.91. The maximum atomic E-state index is 13.7. The van der Waals surface area contributed by atoms with Gasteiger partial charge in [-0.2, -0.15) is 5.10 Å². The Morgan fingerprint density at radius 3 is 2.51 bits per heavy atom. The summed E-state index contributed by atoms with van der Waals surface area (Å²) < 4.78 is 42.3. The number of nitrogens with zero attached hydrogens (tertiary/aromatic N) is 4. The number of pyridine rings is 1. The van der Waals surface area contributed by atoms with E-state index >= 15 is 0 Å². The molecule has 3 aromatic rings. The van der Waals surface area contributed by atoms with E-state index in [-0.39, 0.29) is 23.5 Å². The lowest BCUT2D eigenvalue weighted by Gasteiger charge is -2.27. The van der Waals surface area contributed by atoms with E-state index < -0.39 is 9.84 Å². The molecule has 5 rings (SSSR count). The van der Waals surface area contributed by atoms with Gasteiger partial charge in [-0.05, 0) is 37.6 Å². The number of methoxy groups -OCH3 is 2.